The highest BCUT2D eigenvalue weighted by molar-refractivity contribution is 5.47. The maximum atomic E-state index is 8.87. The zero-order valence-corrected chi connectivity index (χ0v) is 9.37. The fraction of sp³-hybridized carbons (Fsp3) is 0.167. The molecule has 1 aliphatic heterocycles. The Bertz CT molecular complexity index is 557. The minimum atomic E-state index is -0.0930. The second-order valence-corrected chi connectivity index (χ2v) is 3.65. The molecule has 1 aromatic carbocycles. The van der Waals surface area contributed by atoms with E-state index in [9.17, 15) is 0 Å². The highest BCUT2D eigenvalue weighted by Gasteiger charge is 2.14. The van der Waals surface area contributed by atoms with E-state index < -0.39 is 0 Å². The first-order valence-corrected chi connectivity index (χ1v) is 5.34. The molecule has 6 nitrogen and oxygen atoms in total. The normalized spacial score (nSPS) is 12.5. The highest BCUT2D eigenvalue weighted by Crippen LogP contribution is 2.35. The topological polar surface area (TPSA) is 73.7 Å². The minimum absolute atomic E-state index is 0.0930. The van der Waals surface area contributed by atoms with Gasteiger partial charge < -0.3 is 19.3 Å². The molecule has 0 aliphatic carbocycles. The SMILES string of the molecule is OCc1cnc(Oc2ccc3c(c2)OCO3)nc1. The van der Waals surface area contributed by atoms with E-state index in [1.165, 1.54) is 12.4 Å². The van der Waals surface area contributed by atoms with Gasteiger partial charge in [-0.1, -0.05) is 0 Å². The lowest BCUT2D eigenvalue weighted by molar-refractivity contribution is 0.174. The quantitative estimate of drug-likeness (QED) is 0.884. The van der Waals surface area contributed by atoms with Crippen LogP contribution < -0.4 is 14.2 Å². The third-order valence-electron chi connectivity index (χ3n) is 2.42. The van der Waals surface area contributed by atoms with Crippen molar-refractivity contribution >= 4 is 0 Å². The van der Waals surface area contributed by atoms with Crippen molar-refractivity contribution in [3.05, 3.63) is 36.2 Å². The van der Waals surface area contributed by atoms with Gasteiger partial charge >= 0.3 is 6.01 Å². The summed E-state index contributed by atoms with van der Waals surface area (Å²) in [7, 11) is 0. The van der Waals surface area contributed by atoms with Crippen LogP contribution in [0.5, 0.6) is 23.3 Å². The lowest BCUT2D eigenvalue weighted by atomic mass is 10.3. The van der Waals surface area contributed by atoms with Gasteiger partial charge in [0.2, 0.25) is 6.79 Å². The molecule has 0 spiro atoms. The molecule has 0 atom stereocenters. The first-order valence-electron chi connectivity index (χ1n) is 5.34. The number of aromatic nitrogens is 2. The molecule has 0 bridgehead atoms. The summed E-state index contributed by atoms with van der Waals surface area (Å²) in [5, 5.41) is 8.87. The van der Waals surface area contributed by atoms with E-state index in [2.05, 4.69) is 9.97 Å². The Labute approximate surface area is 103 Å². The molecule has 1 aliphatic rings. The molecule has 0 saturated carbocycles. The summed E-state index contributed by atoms with van der Waals surface area (Å²) in [6.07, 6.45) is 3.02. The fourth-order valence-corrected chi connectivity index (χ4v) is 1.52. The van der Waals surface area contributed by atoms with Gasteiger partial charge in [0.15, 0.2) is 11.5 Å². The first-order chi connectivity index (χ1) is 8.85. The standard InChI is InChI=1S/C12H10N2O4/c15-6-8-4-13-12(14-5-8)18-9-1-2-10-11(3-9)17-7-16-10/h1-5,15H,6-7H2. The van der Waals surface area contributed by atoms with Crippen molar-refractivity contribution in [1.29, 1.82) is 0 Å². The second kappa shape index (κ2) is 4.50. The largest absolute Gasteiger partial charge is 0.454 e. The molecule has 0 fully saturated rings. The Kier molecular flexibility index (Phi) is 2.70. The van der Waals surface area contributed by atoms with Gasteiger partial charge in [0.05, 0.1) is 6.61 Å². The van der Waals surface area contributed by atoms with Gasteiger partial charge in [0, 0.05) is 24.0 Å². The van der Waals surface area contributed by atoms with Crippen molar-refractivity contribution in [3.63, 3.8) is 0 Å². The predicted molar refractivity (Wildman–Crippen MR) is 60.6 cm³/mol. The molecule has 1 N–H and O–H groups in total. The average molecular weight is 246 g/mol. The number of aliphatic hydroxyl groups excluding tert-OH is 1. The van der Waals surface area contributed by atoms with Crippen molar-refractivity contribution in [2.75, 3.05) is 6.79 Å². The Morgan fingerprint density at radius 2 is 1.94 bits per heavy atom. The van der Waals surface area contributed by atoms with Crippen LogP contribution in [0.4, 0.5) is 0 Å². The molecule has 0 radical (unpaired) electrons. The first kappa shape index (κ1) is 10.8. The zero-order chi connectivity index (χ0) is 12.4. The van der Waals surface area contributed by atoms with Crippen LogP contribution in [0.2, 0.25) is 0 Å². The van der Waals surface area contributed by atoms with Crippen LogP contribution in [0.25, 0.3) is 0 Å². The number of hydrogen-bond donors (Lipinski definition) is 1. The van der Waals surface area contributed by atoms with Gasteiger partial charge in [-0.15, -0.1) is 0 Å². The number of nitrogens with zero attached hydrogens (tertiary/aromatic N) is 2. The molecule has 6 heteroatoms. The number of hydrogen-bond acceptors (Lipinski definition) is 6. The van der Waals surface area contributed by atoms with E-state index in [0.717, 1.165) is 0 Å². The van der Waals surface area contributed by atoms with Crippen LogP contribution in [-0.2, 0) is 6.61 Å². The monoisotopic (exact) mass is 246 g/mol. The van der Waals surface area contributed by atoms with E-state index >= 15 is 0 Å². The minimum Gasteiger partial charge on any atom is -0.454 e. The molecule has 2 aromatic rings. The van der Waals surface area contributed by atoms with Crippen LogP contribution in [0, 0.1) is 0 Å². The molecule has 0 saturated heterocycles. The maximum absolute atomic E-state index is 8.87. The fourth-order valence-electron chi connectivity index (χ4n) is 1.52. The Balaban J connectivity index is 1.79. The van der Waals surface area contributed by atoms with Crippen molar-refractivity contribution < 1.29 is 19.3 Å². The van der Waals surface area contributed by atoms with E-state index in [4.69, 9.17) is 19.3 Å². The zero-order valence-electron chi connectivity index (χ0n) is 9.37. The molecule has 1 aromatic heterocycles. The summed E-state index contributed by atoms with van der Waals surface area (Å²) in [5.74, 6) is 1.90. The van der Waals surface area contributed by atoms with Crippen molar-refractivity contribution in [2.45, 2.75) is 6.61 Å². The number of aliphatic hydroxyl groups is 1. The molecular formula is C12H10N2O4. The highest BCUT2D eigenvalue weighted by atomic mass is 16.7. The van der Waals surface area contributed by atoms with E-state index in [-0.39, 0.29) is 19.4 Å². The predicted octanol–water partition coefficient (Wildman–Crippen LogP) is 1.49. The number of benzene rings is 1. The Hall–Kier alpha value is -2.34. The van der Waals surface area contributed by atoms with E-state index in [0.29, 0.717) is 22.8 Å². The van der Waals surface area contributed by atoms with Gasteiger partial charge in [-0.25, -0.2) is 9.97 Å². The smallest absolute Gasteiger partial charge is 0.321 e. The summed E-state index contributed by atoms with van der Waals surface area (Å²) in [6, 6.07) is 5.44. The van der Waals surface area contributed by atoms with Crippen molar-refractivity contribution in [1.82, 2.24) is 9.97 Å². The molecular weight excluding hydrogens is 236 g/mol. The van der Waals surface area contributed by atoms with Gasteiger partial charge in [-0.3, -0.25) is 0 Å². The van der Waals surface area contributed by atoms with Crippen LogP contribution in [0.15, 0.2) is 30.6 Å². The number of rotatable bonds is 3. The maximum Gasteiger partial charge on any atom is 0.321 e. The van der Waals surface area contributed by atoms with Crippen LogP contribution >= 0.6 is 0 Å². The molecule has 2 heterocycles. The molecule has 92 valence electrons. The number of ether oxygens (including phenoxy) is 3. The Morgan fingerprint density at radius 1 is 1.17 bits per heavy atom. The third-order valence-corrected chi connectivity index (χ3v) is 2.42. The van der Waals surface area contributed by atoms with E-state index in [1.54, 1.807) is 18.2 Å². The van der Waals surface area contributed by atoms with Gasteiger partial charge in [-0.05, 0) is 12.1 Å². The molecule has 0 unspecified atom stereocenters. The van der Waals surface area contributed by atoms with Gasteiger partial charge in [0.1, 0.15) is 5.75 Å². The van der Waals surface area contributed by atoms with Crippen LogP contribution in [-0.4, -0.2) is 21.9 Å². The average Bonchev–Trinajstić information content (AvgIpc) is 2.87. The molecule has 3 rings (SSSR count). The second-order valence-electron chi connectivity index (χ2n) is 3.65. The summed E-state index contributed by atoms with van der Waals surface area (Å²) in [5.41, 5.74) is 0.632. The van der Waals surface area contributed by atoms with Crippen molar-refractivity contribution in [2.24, 2.45) is 0 Å². The molecule has 0 amide bonds. The Morgan fingerprint density at radius 3 is 2.72 bits per heavy atom. The van der Waals surface area contributed by atoms with Crippen molar-refractivity contribution in [3.8, 4) is 23.3 Å². The van der Waals surface area contributed by atoms with Gasteiger partial charge in [-0.2, -0.15) is 0 Å². The lowest BCUT2D eigenvalue weighted by Crippen LogP contribution is -1.94. The molecule has 18 heavy (non-hydrogen) atoms. The van der Waals surface area contributed by atoms with E-state index in [1.807, 2.05) is 0 Å². The van der Waals surface area contributed by atoms with Gasteiger partial charge in [0.25, 0.3) is 0 Å². The van der Waals surface area contributed by atoms with Crippen LogP contribution in [0.1, 0.15) is 5.56 Å². The summed E-state index contributed by atoms with van der Waals surface area (Å²) in [4.78, 5) is 7.95. The summed E-state index contributed by atoms with van der Waals surface area (Å²) >= 11 is 0. The van der Waals surface area contributed by atoms with Crippen LogP contribution in [0.3, 0.4) is 0 Å². The summed E-state index contributed by atoms with van der Waals surface area (Å²) in [6.45, 7) is 0.130. The summed E-state index contributed by atoms with van der Waals surface area (Å²) < 4.78 is 15.9. The lowest BCUT2D eigenvalue weighted by Gasteiger charge is -2.04. The number of fused-ring (bicyclic) bond motifs is 1. The third kappa shape index (κ3) is 2.05.